The second-order valence-electron chi connectivity index (χ2n) is 6.81. The van der Waals surface area contributed by atoms with Crippen LogP contribution in [0.25, 0.3) is 10.9 Å². The predicted molar refractivity (Wildman–Crippen MR) is 106 cm³/mol. The van der Waals surface area contributed by atoms with Gasteiger partial charge in [0.1, 0.15) is 5.82 Å². The SMILES string of the molecule is CCNc1n[nH]c2cc(NC(=O)N[C@@H](c3ccccc3)C(C)(C)O)ncc12. The van der Waals surface area contributed by atoms with Crippen molar-refractivity contribution in [3.8, 4) is 0 Å². The van der Waals surface area contributed by atoms with Crippen molar-refractivity contribution in [2.45, 2.75) is 32.4 Å². The molecule has 3 aromatic rings. The number of anilines is 2. The van der Waals surface area contributed by atoms with Gasteiger partial charge in [-0.05, 0) is 26.3 Å². The summed E-state index contributed by atoms with van der Waals surface area (Å²) in [5.74, 6) is 1.11. The molecule has 1 atom stereocenters. The van der Waals surface area contributed by atoms with E-state index in [4.69, 9.17) is 0 Å². The summed E-state index contributed by atoms with van der Waals surface area (Å²) in [4.78, 5) is 16.7. The van der Waals surface area contributed by atoms with Gasteiger partial charge in [-0.2, -0.15) is 5.10 Å². The lowest BCUT2D eigenvalue weighted by molar-refractivity contribution is 0.0415. The van der Waals surface area contributed by atoms with E-state index in [0.717, 1.165) is 28.8 Å². The number of aliphatic hydroxyl groups is 1. The molecule has 142 valence electrons. The Bertz CT molecular complexity index is 917. The predicted octanol–water partition coefficient (Wildman–Crippen LogP) is 3.02. The summed E-state index contributed by atoms with van der Waals surface area (Å²) in [5.41, 5.74) is 0.436. The third kappa shape index (κ3) is 4.35. The number of carbonyl (C=O) groups excluding carboxylic acids is 1. The summed E-state index contributed by atoms with van der Waals surface area (Å²) >= 11 is 0. The Labute approximate surface area is 157 Å². The number of urea groups is 1. The highest BCUT2D eigenvalue weighted by molar-refractivity contribution is 5.94. The zero-order chi connectivity index (χ0) is 19.4. The Morgan fingerprint density at radius 3 is 2.70 bits per heavy atom. The molecule has 0 aliphatic rings. The van der Waals surface area contributed by atoms with Crippen LogP contribution in [0, 0.1) is 0 Å². The van der Waals surface area contributed by atoms with Gasteiger partial charge < -0.3 is 15.7 Å². The van der Waals surface area contributed by atoms with Gasteiger partial charge in [0.2, 0.25) is 0 Å². The van der Waals surface area contributed by atoms with Crippen LogP contribution in [0.2, 0.25) is 0 Å². The first-order valence-corrected chi connectivity index (χ1v) is 8.81. The molecular formula is C19H24N6O2. The number of benzene rings is 1. The zero-order valence-electron chi connectivity index (χ0n) is 15.6. The fourth-order valence-corrected chi connectivity index (χ4v) is 2.88. The number of hydrogen-bond donors (Lipinski definition) is 5. The number of H-pyrrole nitrogens is 1. The summed E-state index contributed by atoms with van der Waals surface area (Å²) in [5, 5.41) is 27.1. The Balaban J connectivity index is 1.75. The number of aromatic nitrogens is 3. The first kappa shape index (κ1) is 18.7. The average molecular weight is 368 g/mol. The molecule has 2 aromatic heterocycles. The van der Waals surface area contributed by atoms with E-state index in [9.17, 15) is 9.90 Å². The van der Waals surface area contributed by atoms with Crippen LogP contribution in [-0.4, -0.2) is 38.5 Å². The van der Waals surface area contributed by atoms with Crippen molar-refractivity contribution in [3.05, 3.63) is 48.2 Å². The molecular weight excluding hydrogens is 344 g/mol. The highest BCUT2D eigenvalue weighted by atomic mass is 16.3. The van der Waals surface area contributed by atoms with E-state index >= 15 is 0 Å². The largest absolute Gasteiger partial charge is 0.388 e. The molecule has 0 saturated heterocycles. The summed E-state index contributed by atoms with van der Waals surface area (Å²) in [6, 6.07) is 10.0. The fraction of sp³-hybridized carbons (Fsp3) is 0.316. The second-order valence-corrected chi connectivity index (χ2v) is 6.81. The fourth-order valence-electron chi connectivity index (χ4n) is 2.88. The number of pyridine rings is 1. The molecule has 1 aromatic carbocycles. The second kappa shape index (κ2) is 7.63. The van der Waals surface area contributed by atoms with E-state index in [1.54, 1.807) is 26.1 Å². The quantitative estimate of drug-likeness (QED) is 0.459. The number of carbonyl (C=O) groups is 1. The Kier molecular flexibility index (Phi) is 5.27. The molecule has 0 aliphatic carbocycles. The number of amides is 2. The van der Waals surface area contributed by atoms with Crippen LogP contribution in [-0.2, 0) is 0 Å². The third-order valence-corrected chi connectivity index (χ3v) is 4.15. The molecule has 8 heteroatoms. The van der Waals surface area contributed by atoms with Gasteiger partial charge in [0.25, 0.3) is 0 Å². The third-order valence-electron chi connectivity index (χ3n) is 4.15. The number of hydrogen-bond acceptors (Lipinski definition) is 5. The van der Waals surface area contributed by atoms with Gasteiger partial charge >= 0.3 is 6.03 Å². The highest BCUT2D eigenvalue weighted by Gasteiger charge is 2.29. The van der Waals surface area contributed by atoms with Gasteiger partial charge in [0, 0.05) is 18.8 Å². The van der Waals surface area contributed by atoms with Crippen LogP contribution in [0.4, 0.5) is 16.4 Å². The molecule has 2 amide bonds. The smallest absolute Gasteiger partial charge is 0.320 e. The van der Waals surface area contributed by atoms with Crippen LogP contribution in [0.5, 0.6) is 0 Å². The maximum absolute atomic E-state index is 12.5. The zero-order valence-corrected chi connectivity index (χ0v) is 15.6. The van der Waals surface area contributed by atoms with Crippen LogP contribution in [0.1, 0.15) is 32.4 Å². The number of nitrogens with zero attached hydrogens (tertiary/aromatic N) is 2. The van der Waals surface area contributed by atoms with E-state index in [0.29, 0.717) is 5.82 Å². The summed E-state index contributed by atoms with van der Waals surface area (Å²) in [7, 11) is 0. The minimum Gasteiger partial charge on any atom is -0.388 e. The highest BCUT2D eigenvalue weighted by Crippen LogP contribution is 2.26. The molecule has 5 N–H and O–H groups in total. The van der Waals surface area contributed by atoms with Gasteiger partial charge in [-0.25, -0.2) is 9.78 Å². The molecule has 0 radical (unpaired) electrons. The van der Waals surface area contributed by atoms with Gasteiger partial charge in [-0.3, -0.25) is 10.4 Å². The Hall–Kier alpha value is -3.13. The lowest BCUT2D eigenvalue weighted by Gasteiger charge is -2.30. The van der Waals surface area contributed by atoms with Crippen molar-refractivity contribution in [3.63, 3.8) is 0 Å². The van der Waals surface area contributed by atoms with Crippen LogP contribution >= 0.6 is 0 Å². The molecule has 27 heavy (non-hydrogen) atoms. The van der Waals surface area contributed by atoms with Crippen LogP contribution in [0.3, 0.4) is 0 Å². The van der Waals surface area contributed by atoms with Crippen LogP contribution < -0.4 is 16.0 Å². The van der Waals surface area contributed by atoms with E-state index in [1.807, 2.05) is 37.3 Å². The van der Waals surface area contributed by atoms with Gasteiger partial charge in [0.15, 0.2) is 5.82 Å². The van der Waals surface area contributed by atoms with E-state index in [2.05, 4.69) is 31.1 Å². The van der Waals surface area contributed by atoms with Crippen molar-refractivity contribution in [1.29, 1.82) is 0 Å². The molecule has 0 saturated carbocycles. The number of fused-ring (bicyclic) bond motifs is 1. The summed E-state index contributed by atoms with van der Waals surface area (Å²) < 4.78 is 0. The van der Waals surface area contributed by atoms with E-state index in [-0.39, 0.29) is 0 Å². The van der Waals surface area contributed by atoms with Gasteiger partial charge in [0.05, 0.1) is 22.5 Å². The molecule has 2 heterocycles. The number of aromatic amines is 1. The normalized spacial score (nSPS) is 12.6. The van der Waals surface area contributed by atoms with Crippen molar-refractivity contribution in [2.75, 3.05) is 17.2 Å². The maximum atomic E-state index is 12.5. The lowest BCUT2D eigenvalue weighted by Crippen LogP contribution is -2.43. The minimum atomic E-state index is -1.14. The molecule has 0 bridgehead atoms. The van der Waals surface area contributed by atoms with E-state index < -0.39 is 17.7 Å². The molecule has 8 nitrogen and oxygen atoms in total. The molecule has 0 fully saturated rings. The summed E-state index contributed by atoms with van der Waals surface area (Å²) in [6.45, 7) is 6.05. The molecule has 3 rings (SSSR count). The Morgan fingerprint density at radius 1 is 1.30 bits per heavy atom. The van der Waals surface area contributed by atoms with Gasteiger partial charge in [-0.15, -0.1) is 0 Å². The molecule has 0 spiro atoms. The van der Waals surface area contributed by atoms with Crippen molar-refractivity contribution >= 4 is 28.6 Å². The molecule has 0 aliphatic heterocycles. The summed E-state index contributed by atoms with van der Waals surface area (Å²) in [6.07, 6.45) is 1.65. The van der Waals surface area contributed by atoms with Crippen molar-refractivity contribution in [1.82, 2.24) is 20.5 Å². The van der Waals surface area contributed by atoms with Crippen molar-refractivity contribution < 1.29 is 9.90 Å². The topological polar surface area (TPSA) is 115 Å². The Morgan fingerprint density at radius 2 is 2.04 bits per heavy atom. The molecule has 0 unspecified atom stereocenters. The first-order chi connectivity index (χ1) is 12.9. The standard InChI is InChI=1S/C19H24N6O2/c1-4-20-17-13-11-21-15(10-14(13)24-25-17)22-18(26)23-16(19(2,3)27)12-8-6-5-7-9-12/h5-11,16,27H,4H2,1-3H3,(H2,20,24,25)(H2,21,22,23,26)/t16-/m0/s1. The van der Waals surface area contributed by atoms with Crippen molar-refractivity contribution in [2.24, 2.45) is 0 Å². The van der Waals surface area contributed by atoms with Gasteiger partial charge in [-0.1, -0.05) is 30.3 Å². The maximum Gasteiger partial charge on any atom is 0.320 e. The minimum absolute atomic E-state index is 0.384. The average Bonchev–Trinajstić information content (AvgIpc) is 3.02. The first-order valence-electron chi connectivity index (χ1n) is 8.81. The van der Waals surface area contributed by atoms with Crippen LogP contribution in [0.15, 0.2) is 42.6 Å². The lowest BCUT2D eigenvalue weighted by atomic mass is 9.92. The number of rotatable bonds is 6. The number of nitrogens with one attached hydrogen (secondary N) is 4. The van der Waals surface area contributed by atoms with E-state index in [1.165, 1.54) is 0 Å². The monoisotopic (exact) mass is 368 g/mol.